The fourth-order valence-corrected chi connectivity index (χ4v) is 2.95. The zero-order valence-corrected chi connectivity index (χ0v) is 13.8. The number of benzene rings is 2. The van der Waals surface area contributed by atoms with E-state index in [9.17, 15) is 13.2 Å². The molecule has 0 saturated carbocycles. The molecule has 0 atom stereocenters. The van der Waals surface area contributed by atoms with Crippen molar-refractivity contribution in [3.63, 3.8) is 0 Å². The molecule has 0 aliphatic rings. The summed E-state index contributed by atoms with van der Waals surface area (Å²) < 4.78 is 31.5. The van der Waals surface area contributed by atoms with Gasteiger partial charge < -0.3 is 10.1 Å². The number of rotatable bonds is 6. The van der Waals surface area contributed by atoms with Crippen LogP contribution in [0.15, 0.2) is 53.4 Å². The molecule has 2 N–H and O–H groups in total. The molecule has 2 rings (SSSR count). The number of para-hydroxylation sites is 2. The molecule has 0 radical (unpaired) electrons. The molecule has 2 aromatic carbocycles. The van der Waals surface area contributed by atoms with Crippen LogP contribution in [0.4, 0.5) is 5.69 Å². The van der Waals surface area contributed by atoms with Crippen LogP contribution in [0.25, 0.3) is 0 Å². The van der Waals surface area contributed by atoms with E-state index in [4.69, 9.17) is 11.2 Å². The van der Waals surface area contributed by atoms with E-state index in [1.54, 1.807) is 24.3 Å². The SMILES string of the molecule is C#CCNS(=O)(=O)c1cccc(C(=O)Nc2ccccc2OC)c1. The molecule has 0 aliphatic carbocycles. The van der Waals surface area contributed by atoms with Crippen LogP contribution < -0.4 is 14.8 Å². The van der Waals surface area contributed by atoms with Gasteiger partial charge in [-0.1, -0.05) is 24.1 Å². The summed E-state index contributed by atoms with van der Waals surface area (Å²) >= 11 is 0. The fraction of sp³-hybridized carbons (Fsp3) is 0.118. The average Bonchev–Trinajstić information content (AvgIpc) is 2.60. The maximum absolute atomic E-state index is 12.4. The van der Waals surface area contributed by atoms with Gasteiger partial charge in [-0.2, -0.15) is 4.72 Å². The topological polar surface area (TPSA) is 84.5 Å². The summed E-state index contributed by atoms with van der Waals surface area (Å²) in [6.45, 7) is -0.125. The van der Waals surface area contributed by atoms with E-state index in [1.807, 2.05) is 0 Å². The normalized spacial score (nSPS) is 10.7. The van der Waals surface area contributed by atoms with E-state index in [0.717, 1.165) is 0 Å². The minimum atomic E-state index is -3.76. The number of amides is 1. The second-order valence-corrected chi connectivity index (χ2v) is 6.48. The van der Waals surface area contributed by atoms with E-state index in [-0.39, 0.29) is 17.0 Å². The Bertz CT molecular complexity index is 885. The van der Waals surface area contributed by atoms with Crippen molar-refractivity contribution in [2.75, 3.05) is 19.0 Å². The first kappa shape index (κ1) is 17.5. The van der Waals surface area contributed by atoms with Gasteiger partial charge >= 0.3 is 0 Å². The molecular formula is C17H16N2O4S. The number of anilines is 1. The number of hydrogen-bond donors (Lipinski definition) is 2. The Morgan fingerprint density at radius 3 is 2.67 bits per heavy atom. The smallest absolute Gasteiger partial charge is 0.255 e. The van der Waals surface area contributed by atoms with Crippen LogP contribution in [0.3, 0.4) is 0 Å². The Balaban J connectivity index is 2.25. The molecule has 0 fully saturated rings. The Kier molecular flexibility index (Phi) is 5.58. The molecule has 0 unspecified atom stereocenters. The highest BCUT2D eigenvalue weighted by atomic mass is 32.2. The van der Waals surface area contributed by atoms with Crippen LogP contribution >= 0.6 is 0 Å². The van der Waals surface area contributed by atoms with Crippen LogP contribution in [-0.4, -0.2) is 28.0 Å². The van der Waals surface area contributed by atoms with Crippen molar-refractivity contribution >= 4 is 21.6 Å². The summed E-state index contributed by atoms with van der Waals surface area (Å²) in [6, 6.07) is 12.6. The number of hydrogen-bond acceptors (Lipinski definition) is 4. The Hall–Kier alpha value is -2.82. The van der Waals surface area contributed by atoms with Crippen LogP contribution in [-0.2, 0) is 10.0 Å². The summed E-state index contributed by atoms with van der Waals surface area (Å²) in [5, 5.41) is 2.69. The van der Waals surface area contributed by atoms with Gasteiger partial charge in [0.05, 0.1) is 24.2 Å². The van der Waals surface area contributed by atoms with Gasteiger partial charge in [-0.3, -0.25) is 4.79 Å². The highest BCUT2D eigenvalue weighted by Crippen LogP contribution is 2.24. The largest absolute Gasteiger partial charge is 0.495 e. The number of nitrogens with one attached hydrogen (secondary N) is 2. The van der Waals surface area contributed by atoms with Crippen LogP contribution in [0.2, 0.25) is 0 Å². The van der Waals surface area contributed by atoms with E-state index in [0.29, 0.717) is 11.4 Å². The number of ether oxygens (including phenoxy) is 1. The van der Waals surface area contributed by atoms with Crippen molar-refractivity contribution in [1.29, 1.82) is 0 Å². The summed E-state index contributed by atoms with van der Waals surface area (Å²) in [5.41, 5.74) is 0.688. The molecule has 0 saturated heterocycles. The van der Waals surface area contributed by atoms with Crippen LogP contribution in [0, 0.1) is 12.3 Å². The van der Waals surface area contributed by atoms with E-state index in [2.05, 4.69) is 16.0 Å². The first-order valence-corrected chi connectivity index (χ1v) is 8.44. The van der Waals surface area contributed by atoms with Crippen molar-refractivity contribution in [2.24, 2.45) is 0 Å². The third-order valence-electron chi connectivity index (χ3n) is 3.13. The van der Waals surface area contributed by atoms with E-state index in [1.165, 1.54) is 31.4 Å². The predicted molar refractivity (Wildman–Crippen MR) is 91.4 cm³/mol. The third kappa shape index (κ3) is 4.13. The molecule has 7 heteroatoms. The molecular weight excluding hydrogens is 328 g/mol. The number of sulfonamides is 1. The Morgan fingerprint density at radius 2 is 1.96 bits per heavy atom. The van der Waals surface area contributed by atoms with Gasteiger partial charge in [0, 0.05) is 5.56 Å². The summed E-state index contributed by atoms with van der Waals surface area (Å²) in [6.07, 6.45) is 5.05. The molecule has 0 bridgehead atoms. The van der Waals surface area contributed by atoms with Crippen LogP contribution in [0.1, 0.15) is 10.4 Å². The first-order valence-electron chi connectivity index (χ1n) is 6.95. The predicted octanol–water partition coefficient (Wildman–Crippen LogP) is 1.86. The standard InChI is InChI=1S/C17H16N2O4S/c1-3-11-18-24(21,22)14-8-6-7-13(12-14)17(20)19-15-9-4-5-10-16(15)23-2/h1,4-10,12,18H,11H2,2H3,(H,19,20). The molecule has 24 heavy (non-hydrogen) atoms. The second kappa shape index (κ2) is 7.64. The molecule has 0 spiro atoms. The van der Waals surface area contributed by atoms with Gasteiger partial charge in [-0.05, 0) is 30.3 Å². The van der Waals surface area contributed by atoms with Gasteiger partial charge in [0.15, 0.2) is 0 Å². The lowest BCUT2D eigenvalue weighted by molar-refractivity contribution is 0.102. The zero-order valence-electron chi connectivity index (χ0n) is 12.9. The lowest BCUT2D eigenvalue weighted by Crippen LogP contribution is -2.24. The van der Waals surface area contributed by atoms with Gasteiger partial charge in [-0.25, -0.2) is 8.42 Å². The second-order valence-electron chi connectivity index (χ2n) is 4.71. The lowest BCUT2D eigenvalue weighted by Gasteiger charge is -2.10. The molecule has 0 heterocycles. The first-order chi connectivity index (χ1) is 11.5. The van der Waals surface area contributed by atoms with Gasteiger partial charge in [0.1, 0.15) is 5.75 Å². The Labute approximate surface area is 140 Å². The van der Waals surface area contributed by atoms with Crippen molar-refractivity contribution in [2.45, 2.75) is 4.90 Å². The van der Waals surface area contributed by atoms with Crippen molar-refractivity contribution < 1.29 is 17.9 Å². The van der Waals surface area contributed by atoms with Gasteiger partial charge in [-0.15, -0.1) is 6.42 Å². The number of carbonyl (C=O) groups excluding carboxylic acids is 1. The lowest BCUT2D eigenvalue weighted by atomic mass is 10.2. The van der Waals surface area contributed by atoms with E-state index >= 15 is 0 Å². The minimum Gasteiger partial charge on any atom is -0.495 e. The van der Waals surface area contributed by atoms with Crippen molar-refractivity contribution in [3.05, 3.63) is 54.1 Å². The highest BCUT2D eigenvalue weighted by molar-refractivity contribution is 7.89. The monoisotopic (exact) mass is 344 g/mol. The van der Waals surface area contributed by atoms with Gasteiger partial charge in [0.25, 0.3) is 5.91 Å². The fourth-order valence-electron chi connectivity index (χ4n) is 1.97. The molecule has 0 aliphatic heterocycles. The summed E-state index contributed by atoms with van der Waals surface area (Å²) in [7, 11) is -2.27. The maximum atomic E-state index is 12.4. The number of carbonyl (C=O) groups is 1. The average molecular weight is 344 g/mol. The molecule has 0 aromatic heterocycles. The summed E-state index contributed by atoms with van der Waals surface area (Å²) in [5.74, 6) is 2.25. The molecule has 6 nitrogen and oxygen atoms in total. The number of methoxy groups -OCH3 is 1. The summed E-state index contributed by atoms with van der Waals surface area (Å²) in [4.78, 5) is 12.3. The minimum absolute atomic E-state index is 0.0366. The number of terminal acetylenes is 1. The maximum Gasteiger partial charge on any atom is 0.255 e. The Morgan fingerprint density at radius 1 is 1.21 bits per heavy atom. The van der Waals surface area contributed by atoms with Crippen molar-refractivity contribution in [1.82, 2.24) is 4.72 Å². The van der Waals surface area contributed by atoms with Crippen LogP contribution in [0.5, 0.6) is 5.75 Å². The quantitative estimate of drug-likeness (QED) is 0.784. The highest BCUT2D eigenvalue weighted by Gasteiger charge is 2.16. The molecule has 124 valence electrons. The van der Waals surface area contributed by atoms with E-state index < -0.39 is 15.9 Å². The van der Waals surface area contributed by atoms with Crippen molar-refractivity contribution in [3.8, 4) is 18.1 Å². The molecule has 2 aromatic rings. The third-order valence-corrected chi connectivity index (χ3v) is 4.52. The zero-order chi connectivity index (χ0) is 17.6. The van der Waals surface area contributed by atoms with Gasteiger partial charge in [0.2, 0.25) is 10.0 Å². The molecule has 1 amide bonds.